The van der Waals surface area contributed by atoms with E-state index in [0.29, 0.717) is 11.3 Å². The molecule has 2 fully saturated rings. The van der Waals surface area contributed by atoms with Gasteiger partial charge < -0.3 is 29.9 Å². The van der Waals surface area contributed by atoms with Gasteiger partial charge in [0.05, 0.1) is 51.7 Å². The van der Waals surface area contributed by atoms with E-state index in [1.165, 1.54) is 56.7 Å². The van der Waals surface area contributed by atoms with Gasteiger partial charge in [-0.3, -0.25) is 18.9 Å². The molecule has 6 N–H and O–H groups in total. The Labute approximate surface area is 429 Å². The van der Waals surface area contributed by atoms with Gasteiger partial charge in [0.25, 0.3) is 40.1 Å². The van der Waals surface area contributed by atoms with E-state index in [-0.39, 0.29) is 60.5 Å². The summed E-state index contributed by atoms with van der Waals surface area (Å²) in [5.41, 5.74) is 2.67. The van der Waals surface area contributed by atoms with Crippen molar-refractivity contribution in [1.82, 2.24) is 10.6 Å². The Hall–Kier alpha value is -6.27. The van der Waals surface area contributed by atoms with Crippen LogP contribution in [0.1, 0.15) is 18.4 Å². The third-order valence-corrected chi connectivity index (χ3v) is 17.2. The second-order valence-electron chi connectivity index (χ2n) is 16.5. The predicted octanol–water partition coefficient (Wildman–Crippen LogP) is 6.92. The van der Waals surface area contributed by atoms with Crippen LogP contribution in [0.4, 0.5) is 34.1 Å². The average molecular weight is 1080 g/mol. The molecule has 0 aliphatic carbocycles. The van der Waals surface area contributed by atoms with Crippen molar-refractivity contribution in [3.05, 3.63) is 145 Å². The van der Waals surface area contributed by atoms with Gasteiger partial charge in [-0.25, -0.2) is 33.7 Å². The summed E-state index contributed by atoms with van der Waals surface area (Å²) >= 11 is 0. The van der Waals surface area contributed by atoms with Crippen LogP contribution in [0.25, 0.3) is 0 Å². The number of hydrogen-bond acceptors (Lipinski definition) is 14. The van der Waals surface area contributed by atoms with Crippen molar-refractivity contribution in [1.29, 1.82) is 0 Å². The van der Waals surface area contributed by atoms with E-state index in [2.05, 4.69) is 39.3 Å². The van der Waals surface area contributed by atoms with Gasteiger partial charge in [0.2, 0.25) is 0 Å². The van der Waals surface area contributed by atoms with Gasteiger partial charge in [-0.2, -0.15) is 0 Å². The second kappa shape index (κ2) is 24.4. The molecule has 0 aromatic heterocycles. The highest BCUT2D eigenvalue weighted by molar-refractivity contribution is 7.94. The van der Waals surface area contributed by atoms with Crippen molar-refractivity contribution in [3.63, 3.8) is 0 Å². The highest BCUT2D eigenvalue weighted by atomic mass is 35.5. The molecule has 0 amide bonds. The van der Waals surface area contributed by atoms with E-state index in [9.17, 15) is 33.7 Å². The van der Waals surface area contributed by atoms with Gasteiger partial charge in [0.15, 0.2) is 0 Å². The first kappa shape index (κ1) is 55.1. The highest BCUT2D eigenvalue weighted by Gasteiger charge is 2.26. The molecule has 0 atom stereocenters. The smallest absolute Gasteiger partial charge is 0.265 e. The highest BCUT2D eigenvalue weighted by Crippen LogP contribution is 2.36. The first-order chi connectivity index (χ1) is 34.0. The van der Waals surface area contributed by atoms with Crippen LogP contribution in [0, 0.1) is 6.92 Å². The van der Waals surface area contributed by atoms with Crippen LogP contribution >= 0.6 is 12.4 Å². The van der Waals surface area contributed by atoms with Crippen molar-refractivity contribution >= 4 is 86.6 Å². The zero-order chi connectivity index (χ0) is 50.7. The van der Waals surface area contributed by atoms with Crippen molar-refractivity contribution in [2.45, 2.75) is 39.3 Å². The zero-order valence-corrected chi connectivity index (χ0v) is 44.0. The largest absolute Gasteiger partial charge is 0.497 e. The number of methoxy groups -OCH3 is 2. The molecule has 386 valence electrons. The molecule has 0 radical (unpaired) electrons. The fraction of sp³-hybridized carbons (Fsp3) is 0.265. The first-order valence-electron chi connectivity index (χ1n) is 22.7. The molecular formula is C49H59ClN8O10S4. The summed E-state index contributed by atoms with van der Waals surface area (Å²) in [6.45, 7) is 8.21. The van der Waals surface area contributed by atoms with Crippen LogP contribution in [0.3, 0.4) is 0 Å². The molecule has 72 heavy (non-hydrogen) atoms. The molecule has 2 aliphatic heterocycles. The quantitative estimate of drug-likeness (QED) is 0.0578. The summed E-state index contributed by atoms with van der Waals surface area (Å²) in [5.74, 6) is 0.449. The van der Waals surface area contributed by atoms with Gasteiger partial charge in [-0.05, 0) is 117 Å². The third-order valence-electron chi connectivity index (χ3n) is 11.5. The van der Waals surface area contributed by atoms with Crippen molar-refractivity contribution < 1.29 is 43.1 Å². The number of halogens is 1. The number of hydrogen-bond donors (Lipinski definition) is 6. The van der Waals surface area contributed by atoms with Crippen molar-refractivity contribution in [2.75, 3.05) is 95.3 Å². The molecule has 2 heterocycles. The minimum absolute atomic E-state index is 0. The summed E-state index contributed by atoms with van der Waals surface area (Å²) in [4.78, 5) is 4.42. The monoisotopic (exact) mass is 1080 g/mol. The van der Waals surface area contributed by atoms with Crippen LogP contribution in [0.2, 0.25) is 0 Å². The Bertz CT molecular complexity index is 3230. The molecule has 0 spiro atoms. The second-order valence-corrected chi connectivity index (χ2v) is 23.1. The third kappa shape index (κ3) is 14.0. The molecule has 0 saturated carbocycles. The minimum atomic E-state index is -4.19. The summed E-state index contributed by atoms with van der Waals surface area (Å²) in [7, 11) is -13.3. The Morgan fingerprint density at radius 1 is 0.444 bits per heavy atom. The minimum Gasteiger partial charge on any atom is -0.497 e. The zero-order valence-electron chi connectivity index (χ0n) is 39.9. The van der Waals surface area contributed by atoms with Crippen LogP contribution in [-0.2, 0) is 40.1 Å². The van der Waals surface area contributed by atoms with E-state index in [1.807, 2.05) is 0 Å². The summed E-state index contributed by atoms with van der Waals surface area (Å²) in [6.07, 6.45) is 1.88. The van der Waals surface area contributed by atoms with Gasteiger partial charge in [0.1, 0.15) is 16.4 Å². The first-order valence-corrected chi connectivity index (χ1v) is 28.6. The molecule has 6 aromatic rings. The molecule has 6 aromatic carbocycles. The Morgan fingerprint density at radius 3 is 1.35 bits per heavy atom. The number of anilines is 6. The number of rotatable bonds is 16. The molecule has 18 nitrogen and oxygen atoms in total. The lowest BCUT2D eigenvalue weighted by Gasteiger charge is -2.24. The van der Waals surface area contributed by atoms with E-state index >= 15 is 0 Å². The Morgan fingerprint density at radius 2 is 0.889 bits per heavy atom. The van der Waals surface area contributed by atoms with Crippen LogP contribution in [0.15, 0.2) is 159 Å². The Kier molecular flexibility index (Phi) is 18.7. The van der Waals surface area contributed by atoms with Gasteiger partial charge in [0, 0.05) is 56.7 Å². The molecule has 2 aliphatic rings. The van der Waals surface area contributed by atoms with Crippen molar-refractivity contribution in [2.24, 2.45) is 0 Å². The number of benzene rings is 6. The van der Waals surface area contributed by atoms with E-state index < -0.39 is 40.1 Å². The van der Waals surface area contributed by atoms with Gasteiger partial charge in [-0.1, -0.05) is 54.6 Å². The topological polar surface area (TPSA) is 234 Å². The van der Waals surface area contributed by atoms with Gasteiger partial charge >= 0.3 is 0 Å². The summed E-state index contributed by atoms with van der Waals surface area (Å²) in [6, 6.07) is 37.0. The average Bonchev–Trinajstić information content (AvgIpc) is 3.82. The molecule has 2 saturated heterocycles. The lowest BCUT2D eigenvalue weighted by atomic mass is 10.2. The van der Waals surface area contributed by atoms with Gasteiger partial charge in [-0.15, -0.1) is 12.4 Å². The van der Waals surface area contributed by atoms with E-state index in [1.54, 1.807) is 104 Å². The number of sulfonamides is 4. The molecular weight excluding hydrogens is 1020 g/mol. The normalized spacial score (nSPS) is 14.5. The SMILES string of the molecule is COc1ccc(OC)c(S(=O)(=O)Nc2ccc(N3CCCNCC3)cc2NS(=O)(=O)c2ccccc2)c1.Cc1ccccc1S(=O)(=O)Nc1ccc(N2CCCNCC2)cc1NS(=O)(=O)c1ccccc1.Cl. The Balaban J connectivity index is 0.000000233. The summed E-state index contributed by atoms with van der Waals surface area (Å²) in [5, 5.41) is 6.68. The number of aryl methyl sites for hydroxylation is 1. The lowest BCUT2D eigenvalue weighted by molar-refractivity contribution is 0.392. The maximum Gasteiger partial charge on any atom is 0.265 e. The number of ether oxygens (including phenoxy) is 2. The predicted molar refractivity (Wildman–Crippen MR) is 286 cm³/mol. The molecule has 0 unspecified atom stereocenters. The summed E-state index contributed by atoms with van der Waals surface area (Å²) < 4.78 is 126. The lowest BCUT2D eigenvalue weighted by Crippen LogP contribution is -2.28. The number of nitrogens with zero attached hydrogens (tertiary/aromatic N) is 2. The molecule has 8 rings (SSSR count). The maximum atomic E-state index is 13.4. The van der Waals surface area contributed by atoms with E-state index in [4.69, 9.17) is 9.47 Å². The fourth-order valence-corrected chi connectivity index (χ4v) is 12.6. The van der Waals surface area contributed by atoms with Crippen LogP contribution in [-0.4, -0.2) is 100 Å². The van der Waals surface area contributed by atoms with Crippen LogP contribution in [0.5, 0.6) is 11.5 Å². The van der Waals surface area contributed by atoms with Crippen LogP contribution < -0.4 is 48.8 Å². The maximum absolute atomic E-state index is 13.4. The molecule has 0 bridgehead atoms. The fourth-order valence-electron chi connectivity index (χ4n) is 7.87. The standard InChI is InChI=1S/C25H30N4O6S2.C24H28N4O4S2.ClH/c1-34-20-10-12-24(35-2)25(18-20)37(32,33)27-22-11-9-19(29-15-6-13-26-14-16-29)17-23(22)28-36(30,31)21-7-4-3-5-8-21;1-19-8-5-6-11-24(19)34(31,32)26-22-13-12-20(28-16-7-14-25-15-17-28)18-23(22)27-33(29,30)21-9-3-2-4-10-21;/h3-5,7-12,17-18,26-28H,6,13-16H2,1-2H3;2-6,8-13,18,25-27H,7,14-17H2,1H3;1H. The number of nitrogens with one attached hydrogen (secondary N) is 6. The molecule has 23 heteroatoms. The van der Waals surface area contributed by atoms with Crippen molar-refractivity contribution in [3.8, 4) is 11.5 Å². The van der Waals surface area contributed by atoms with E-state index in [0.717, 1.165) is 76.6 Å².